The molecular formula is C27H26N8O2. The lowest BCUT2D eigenvalue weighted by Gasteiger charge is -2.06. The zero-order valence-electron chi connectivity index (χ0n) is 20.1. The molecule has 1 saturated carbocycles. The lowest BCUT2D eigenvalue weighted by atomic mass is 10.1. The summed E-state index contributed by atoms with van der Waals surface area (Å²) in [6.07, 6.45) is 9.92. The van der Waals surface area contributed by atoms with Gasteiger partial charge in [0.1, 0.15) is 0 Å². The van der Waals surface area contributed by atoms with Crippen molar-refractivity contribution in [3.8, 4) is 0 Å². The fraction of sp³-hybridized carbons (Fsp3) is 0.259. The molecule has 37 heavy (non-hydrogen) atoms. The van der Waals surface area contributed by atoms with Gasteiger partial charge >= 0.3 is 0 Å². The second kappa shape index (κ2) is 11.4. The summed E-state index contributed by atoms with van der Waals surface area (Å²) in [6.45, 7) is 0. The molecule has 1 aliphatic carbocycles. The van der Waals surface area contributed by atoms with Crippen LogP contribution in [0.4, 0.5) is 11.6 Å². The molecular weight excluding hydrogens is 468 g/mol. The lowest BCUT2D eigenvalue weighted by Crippen LogP contribution is -2.16. The molecule has 5 rings (SSSR count). The third kappa shape index (κ3) is 7.20. The Kier molecular flexibility index (Phi) is 7.44. The molecule has 0 unspecified atom stereocenters. The number of carbonyl (C=O) groups excluding carboxylic acids is 2. The number of aromatic nitrogens is 6. The number of hydrogen-bond donors (Lipinski definition) is 2. The summed E-state index contributed by atoms with van der Waals surface area (Å²) in [5, 5.41) is 22.4. The van der Waals surface area contributed by atoms with E-state index >= 15 is 0 Å². The fourth-order valence-corrected chi connectivity index (χ4v) is 4.17. The molecule has 10 nitrogen and oxygen atoms in total. The second-order valence-electron chi connectivity index (χ2n) is 9.16. The van der Waals surface area contributed by atoms with Gasteiger partial charge in [-0.25, -0.2) is 0 Å². The van der Waals surface area contributed by atoms with Crippen molar-refractivity contribution in [2.24, 2.45) is 11.8 Å². The SMILES string of the molecule is O=C(Cc1cccnc1)Nc1ccc(C[C@H]2C[C@@H]2Cc2ccc(NC(=O)Cc3cccnc3)nn2)nn1. The van der Waals surface area contributed by atoms with Gasteiger partial charge in [0, 0.05) is 24.8 Å². The van der Waals surface area contributed by atoms with Crippen molar-refractivity contribution in [1.29, 1.82) is 0 Å². The van der Waals surface area contributed by atoms with Crippen LogP contribution in [0, 0.1) is 11.8 Å². The molecule has 2 amide bonds. The van der Waals surface area contributed by atoms with Gasteiger partial charge in [0.05, 0.1) is 24.2 Å². The number of nitrogens with zero attached hydrogens (tertiary/aromatic N) is 6. The highest BCUT2D eigenvalue weighted by Gasteiger charge is 2.37. The highest BCUT2D eigenvalue weighted by molar-refractivity contribution is 5.91. The predicted octanol–water partition coefficient (Wildman–Crippen LogP) is 2.84. The van der Waals surface area contributed by atoms with E-state index in [2.05, 4.69) is 41.0 Å². The van der Waals surface area contributed by atoms with Crippen molar-refractivity contribution in [1.82, 2.24) is 30.4 Å². The normalized spacial score (nSPS) is 16.1. The molecule has 1 fully saturated rings. The third-order valence-electron chi connectivity index (χ3n) is 6.16. The van der Waals surface area contributed by atoms with Crippen LogP contribution in [0.2, 0.25) is 0 Å². The van der Waals surface area contributed by atoms with Gasteiger partial charge in [0.15, 0.2) is 11.6 Å². The van der Waals surface area contributed by atoms with Crippen molar-refractivity contribution in [2.45, 2.75) is 32.1 Å². The smallest absolute Gasteiger partial charge is 0.230 e. The Morgan fingerprint density at radius 3 is 1.54 bits per heavy atom. The van der Waals surface area contributed by atoms with E-state index in [9.17, 15) is 9.59 Å². The molecule has 186 valence electrons. The van der Waals surface area contributed by atoms with Gasteiger partial charge in [0.25, 0.3) is 0 Å². The summed E-state index contributed by atoms with van der Waals surface area (Å²) in [6, 6.07) is 14.7. The molecule has 0 saturated heterocycles. The van der Waals surface area contributed by atoms with Crippen LogP contribution in [0.25, 0.3) is 0 Å². The number of pyridine rings is 2. The molecule has 10 heteroatoms. The van der Waals surface area contributed by atoms with Crippen LogP contribution in [0.3, 0.4) is 0 Å². The van der Waals surface area contributed by atoms with Crippen molar-refractivity contribution >= 4 is 23.5 Å². The maximum atomic E-state index is 12.2. The van der Waals surface area contributed by atoms with Crippen LogP contribution in [0.1, 0.15) is 28.9 Å². The van der Waals surface area contributed by atoms with Gasteiger partial charge in [-0.05, 0) is 78.6 Å². The van der Waals surface area contributed by atoms with Crippen LogP contribution >= 0.6 is 0 Å². The van der Waals surface area contributed by atoms with Crippen LogP contribution in [-0.2, 0) is 35.3 Å². The summed E-state index contributed by atoms with van der Waals surface area (Å²) >= 11 is 0. The zero-order valence-corrected chi connectivity index (χ0v) is 20.1. The second-order valence-corrected chi connectivity index (χ2v) is 9.16. The van der Waals surface area contributed by atoms with Gasteiger partial charge in [0.2, 0.25) is 11.8 Å². The van der Waals surface area contributed by atoms with E-state index in [1.807, 2.05) is 24.3 Å². The quantitative estimate of drug-likeness (QED) is 0.344. The van der Waals surface area contributed by atoms with Crippen LogP contribution in [0.15, 0.2) is 73.3 Å². The Bertz CT molecular complexity index is 1230. The topological polar surface area (TPSA) is 136 Å². The van der Waals surface area contributed by atoms with E-state index in [0.717, 1.165) is 41.8 Å². The van der Waals surface area contributed by atoms with Gasteiger partial charge < -0.3 is 10.6 Å². The van der Waals surface area contributed by atoms with Crippen LogP contribution in [-0.4, -0.2) is 42.2 Å². The largest absolute Gasteiger partial charge is 0.309 e. The maximum Gasteiger partial charge on any atom is 0.230 e. The number of carbonyl (C=O) groups is 2. The molecule has 4 aromatic rings. The Morgan fingerprint density at radius 1 is 0.676 bits per heavy atom. The summed E-state index contributed by atoms with van der Waals surface area (Å²) in [5.41, 5.74) is 3.48. The minimum absolute atomic E-state index is 0.155. The summed E-state index contributed by atoms with van der Waals surface area (Å²) in [7, 11) is 0. The van der Waals surface area contributed by atoms with Gasteiger partial charge in [-0.15, -0.1) is 10.2 Å². The third-order valence-corrected chi connectivity index (χ3v) is 6.16. The molecule has 0 aromatic carbocycles. The van der Waals surface area contributed by atoms with E-state index < -0.39 is 0 Å². The Labute approximate surface area is 214 Å². The molecule has 2 atom stereocenters. The molecule has 0 spiro atoms. The van der Waals surface area contributed by atoms with E-state index in [0.29, 0.717) is 23.5 Å². The number of amides is 2. The highest BCUT2D eigenvalue weighted by atomic mass is 16.2. The first kappa shape index (κ1) is 24.1. The summed E-state index contributed by atoms with van der Waals surface area (Å²) < 4.78 is 0. The van der Waals surface area contributed by atoms with Gasteiger partial charge in [-0.2, -0.15) is 10.2 Å². The predicted molar refractivity (Wildman–Crippen MR) is 136 cm³/mol. The molecule has 0 radical (unpaired) electrons. The number of hydrogen-bond acceptors (Lipinski definition) is 8. The minimum Gasteiger partial charge on any atom is -0.309 e. The standard InChI is InChI=1S/C27H26N8O2/c36-26(11-18-3-1-9-28-16-18)30-24-7-5-22(32-34-24)14-20-13-21(20)15-23-6-8-25(35-33-23)31-27(37)12-19-4-2-10-29-17-19/h1-10,16-17,20-21H,11-15H2,(H,30,34,36)(H,31,35,37)/t20-,21-/m1/s1. The Balaban J connectivity index is 1.04. The van der Waals surface area contributed by atoms with Crippen LogP contribution < -0.4 is 10.6 Å². The summed E-state index contributed by atoms with van der Waals surface area (Å²) in [4.78, 5) is 32.4. The fourth-order valence-electron chi connectivity index (χ4n) is 4.17. The van der Waals surface area contributed by atoms with Crippen molar-refractivity contribution in [2.75, 3.05) is 10.6 Å². The van der Waals surface area contributed by atoms with Crippen molar-refractivity contribution in [3.63, 3.8) is 0 Å². The Morgan fingerprint density at radius 2 is 1.16 bits per heavy atom. The van der Waals surface area contributed by atoms with Crippen molar-refractivity contribution < 1.29 is 9.59 Å². The van der Waals surface area contributed by atoms with E-state index in [1.54, 1.807) is 49.1 Å². The Hall–Kier alpha value is -4.60. The first-order chi connectivity index (χ1) is 18.1. The average molecular weight is 495 g/mol. The minimum atomic E-state index is -0.155. The monoisotopic (exact) mass is 494 g/mol. The van der Waals surface area contributed by atoms with E-state index in [1.165, 1.54) is 0 Å². The zero-order chi connectivity index (χ0) is 25.5. The first-order valence-corrected chi connectivity index (χ1v) is 12.1. The number of nitrogens with one attached hydrogen (secondary N) is 2. The van der Waals surface area contributed by atoms with Gasteiger partial charge in [-0.3, -0.25) is 19.6 Å². The lowest BCUT2D eigenvalue weighted by molar-refractivity contribution is -0.116. The van der Waals surface area contributed by atoms with Crippen LogP contribution in [0.5, 0.6) is 0 Å². The average Bonchev–Trinajstić information content (AvgIpc) is 3.64. The molecule has 1 aliphatic rings. The maximum absolute atomic E-state index is 12.2. The number of rotatable bonds is 10. The summed E-state index contributed by atoms with van der Waals surface area (Å²) in [5.74, 6) is 1.60. The molecule has 0 bridgehead atoms. The van der Waals surface area contributed by atoms with E-state index in [4.69, 9.17) is 0 Å². The highest BCUT2D eigenvalue weighted by Crippen LogP contribution is 2.42. The molecule has 2 N–H and O–H groups in total. The van der Waals surface area contributed by atoms with Crippen molar-refractivity contribution in [3.05, 3.63) is 95.8 Å². The van der Waals surface area contributed by atoms with E-state index in [-0.39, 0.29) is 24.7 Å². The molecule has 4 aromatic heterocycles. The van der Waals surface area contributed by atoms with Gasteiger partial charge in [-0.1, -0.05) is 12.1 Å². The molecule has 0 aliphatic heterocycles. The number of anilines is 2. The molecule has 4 heterocycles. The first-order valence-electron chi connectivity index (χ1n) is 12.1.